The molecule has 6 nitrogen and oxygen atoms in total. The lowest BCUT2D eigenvalue weighted by Crippen LogP contribution is -2.32. The monoisotopic (exact) mass is 370 g/mol. The van der Waals surface area contributed by atoms with E-state index in [9.17, 15) is 9.59 Å². The third-order valence-corrected chi connectivity index (χ3v) is 4.36. The van der Waals surface area contributed by atoms with E-state index < -0.39 is 0 Å². The maximum Gasteiger partial charge on any atom is 0.226 e. The van der Waals surface area contributed by atoms with Gasteiger partial charge >= 0.3 is 0 Å². The van der Waals surface area contributed by atoms with Gasteiger partial charge in [0.2, 0.25) is 11.8 Å². The van der Waals surface area contributed by atoms with Crippen LogP contribution in [0.3, 0.4) is 0 Å². The van der Waals surface area contributed by atoms with Crippen molar-refractivity contribution in [3.8, 4) is 11.5 Å². The zero-order valence-corrected chi connectivity index (χ0v) is 16.5. The van der Waals surface area contributed by atoms with Crippen LogP contribution in [0.5, 0.6) is 11.5 Å². The molecule has 2 aromatic rings. The quantitative estimate of drug-likeness (QED) is 0.807. The molecule has 144 valence electrons. The Morgan fingerprint density at radius 2 is 1.70 bits per heavy atom. The molecule has 0 saturated heterocycles. The van der Waals surface area contributed by atoms with E-state index in [0.29, 0.717) is 17.2 Å². The molecule has 0 heterocycles. The van der Waals surface area contributed by atoms with Crippen LogP contribution >= 0.6 is 0 Å². The van der Waals surface area contributed by atoms with Gasteiger partial charge in [-0.15, -0.1) is 0 Å². The van der Waals surface area contributed by atoms with Gasteiger partial charge in [-0.25, -0.2) is 0 Å². The summed E-state index contributed by atoms with van der Waals surface area (Å²) >= 11 is 0. The average molecular weight is 370 g/mol. The summed E-state index contributed by atoms with van der Waals surface area (Å²) in [4.78, 5) is 26.2. The summed E-state index contributed by atoms with van der Waals surface area (Å²) in [5, 5.41) is 2.94. The predicted molar refractivity (Wildman–Crippen MR) is 107 cm³/mol. The second kappa shape index (κ2) is 9.07. The number of hydrogen-bond acceptors (Lipinski definition) is 4. The Morgan fingerprint density at radius 1 is 1.04 bits per heavy atom. The topological polar surface area (TPSA) is 67.9 Å². The summed E-state index contributed by atoms with van der Waals surface area (Å²) in [6.45, 7) is 5.59. The highest BCUT2D eigenvalue weighted by molar-refractivity contribution is 5.96. The van der Waals surface area contributed by atoms with Gasteiger partial charge in [0.1, 0.15) is 11.5 Å². The lowest BCUT2D eigenvalue weighted by atomic mass is 10.1. The molecular formula is C21H26N2O4. The summed E-state index contributed by atoms with van der Waals surface area (Å²) in [5.41, 5.74) is 3.39. The first-order valence-corrected chi connectivity index (χ1v) is 8.73. The summed E-state index contributed by atoms with van der Waals surface area (Å²) in [6.07, 6.45) is 0.160. The van der Waals surface area contributed by atoms with Crippen LogP contribution in [0.2, 0.25) is 0 Å². The average Bonchev–Trinajstić information content (AvgIpc) is 2.64. The number of methoxy groups -OCH3 is 2. The van der Waals surface area contributed by atoms with Gasteiger partial charge in [-0.2, -0.15) is 0 Å². The highest BCUT2D eigenvalue weighted by Gasteiger charge is 2.19. The Labute approximate surface area is 160 Å². The molecule has 0 aliphatic rings. The van der Waals surface area contributed by atoms with Crippen LogP contribution in [0.1, 0.15) is 24.5 Å². The first kappa shape index (κ1) is 20.3. The minimum absolute atomic E-state index is 0.152. The molecule has 0 fully saturated rings. The first-order chi connectivity index (χ1) is 12.9. The van der Waals surface area contributed by atoms with Crippen LogP contribution in [0.15, 0.2) is 36.4 Å². The number of para-hydroxylation sites is 1. The second-order valence-electron chi connectivity index (χ2n) is 6.27. The van der Waals surface area contributed by atoms with Crippen molar-refractivity contribution < 1.29 is 19.1 Å². The highest BCUT2D eigenvalue weighted by atomic mass is 16.5. The molecule has 0 aliphatic carbocycles. The highest BCUT2D eigenvalue weighted by Crippen LogP contribution is 2.32. The standard InChI is InChI=1S/C21H26N2O4/c1-14-7-6-8-15(2)21(14)22-20(25)11-12-23(16(3)24)18-13-17(26-4)9-10-19(18)27-5/h6-10,13H,11-12H2,1-5H3,(H,22,25). The molecule has 0 spiro atoms. The van der Waals surface area contributed by atoms with E-state index in [-0.39, 0.29) is 24.8 Å². The van der Waals surface area contributed by atoms with Gasteiger partial charge in [0.05, 0.1) is 19.9 Å². The van der Waals surface area contributed by atoms with Crippen molar-refractivity contribution in [2.24, 2.45) is 0 Å². The van der Waals surface area contributed by atoms with Crippen LogP contribution in [0, 0.1) is 13.8 Å². The summed E-state index contributed by atoms with van der Waals surface area (Å²) in [7, 11) is 3.10. The minimum Gasteiger partial charge on any atom is -0.497 e. The fourth-order valence-corrected chi connectivity index (χ4v) is 2.88. The lowest BCUT2D eigenvalue weighted by Gasteiger charge is -2.24. The van der Waals surface area contributed by atoms with Crippen LogP contribution in [0.25, 0.3) is 0 Å². The fraction of sp³-hybridized carbons (Fsp3) is 0.333. The maximum absolute atomic E-state index is 12.4. The molecule has 0 radical (unpaired) electrons. The van der Waals surface area contributed by atoms with Gasteiger partial charge in [0.25, 0.3) is 0 Å². The number of aryl methyl sites for hydroxylation is 2. The molecule has 0 unspecified atom stereocenters. The molecule has 1 N–H and O–H groups in total. The third-order valence-electron chi connectivity index (χ3n) is 4.36. The smallest absolute Gasteiger partial charge is 0.226 e. The van der Waals surface area contributed by atoms with Crippen LogP contribution in [-0.4, -0.2) is 32.6 Å². The van der Waals surface area contributed by atoms with Gasteiger partial charge in [0, 0.05) is 31.6 Å². The number of amides is 2. The van der Waals surface area contributed by atoms with E-state index in [4.69, 9.17) is 9.47 Å². The predicted octanol–water partition coefficient (Wildman–Crippen LogP) is 3.70. The number of anilines is 2. The maximum atomic E-state index is 12.4. The zero-order valence-electron chi connectivity index (χ0n) is 16.5. The number of carbonyl (C=O) groups excluding carboxylic acids is 2. The van der Waals surface area contributed by atoms with E-state index >= 15 is 0 Å². The van der Waals surface area contributed by atoms with Gasteiger partial charge in [-0.05, 0) is 37.1 Å². The number of ether oxygens (including phenoxy) is 2. The molecule has 0 aliphatic heterocycles. The Kier molecular flexibility index (Phi) is 6.82. The summed E-state index contributed by atoms with van der Waals surface area (Å²) < 4.78 is 10.6. The first-order valence-electron chi connectivity index (χ1n) is 8.73. The normalized spacial score (nSPS) is 10.3. The van der Waals surface area contributed by atoms with E-state index in [1.807, 2.05) is 32.0 Å². The number of nitrogens with zero attached hydrogens (tertiary/aromatic N) is 1. The van der Waals surface area contributed by atoms with Crippen molar-refractivity contribution in [1.29, 1.82) is 0 Å². The van der Waals surface area contributed by atoms with E-state index in [0.717, 1.165) is 16.8 Å². The van der Waals surface area contributed by atoms with Gasteiger partial charge in [0.15, 0.2) is 0 Å². The largest absolute Gasteiger partial charge is 0.497 e. The van der Waals surface area contributed by atoms with Crippen molar-refractivity contribution in [3.05, 3.63) is 47.5 Å². The Hall–Kier alpha value is -3.02. The minimum atomic E-state index is -0.179. The fourth-order valence-electron chi connectivity index (χ4n) is 2.88. The number of benzene rings is 2. The van der Waals surface area contributed by atoms with Crippen molar-refractivity contribution in [3.63, 3.8) is 0 Å². The van der Waals surface area contributed by atoms with Crippen LogP contribution in [0.4, 0.5) is 11.4 Å². The molecule has 0 aromatic heterocycles. The molecule has 27 heavy (non-hydrogen) atoms. The molecule has 0 saturated carbocycles. The lowest BCUT2D eigenvalue weighted by molar-refractivity contribution is -0.117. The molecule has 2 aromatic carbocycles. The van der Waals surface area contributed by atoms with Gasteiger partial charge in [-0.3, -0.25) is 9.59 Å². The summed E-state index contributed by atoms with van der Waals surface area (Å²) in [5.74, 6) is 0.820. The van der Waals surface area contributed by atoms with Crippen molar-refractivity contribution in [2.45, 2.75) is 27.2 Å². The van der Waals surface area contributed by atoms with Gasteiger partial charge < -0.3 is 19.7 Å². The summed E-state index contributed by atoms with van der Waals surface area (Å²) in [6, 6.07) is 11.1. The second-order valence-corrected chi connectivity index (χ2v) is 6.27. The number of hydrogen-bond donors (Lipinski definition) is 1. The molecule has 0 atom stereocenters. The molecular weight excluding hydrogens is 344 g/mol. The molecule has 2 rings (SSSR count). The molecule has 2 amide bonds. The Morgan fingerprint density at radius 3 is 2.26 bits per heavy atom. The van der Waals surface area contributed by atoms with E-state index in [1.54, 1.807) is 25.3 Å². The third kappa shape index (κ3) is 5.00. The Balaban J connectivity index is 2.16. The SMILES string of the molecule is COc1ccc(OC)c(N(CCC(=O)Nc2c(C)cccc2C)C(C)=O)c1. The zero-order chi connectivity index (χ0) is 20.0. The number of carbonyl (C=O) groups is 2. The van der Waals surface area contributed by atoms with Crippen molar-refractivity contribution >= 4 is 23.2 Å². The van der Waals surface area contributed by atoms with Crippen molar-refractivity contribution in [2.75, 3.05) is 31.0 Å². The molecule has 6 heteroatoms. The van der Waals surface area contributed by atoms with Gasteiger partial charge in [-0.1, -0.05) is 18.2 Å². The number of nitrogens with one attached hydrogen (secondary N) is 1. The van der Waals surface area contributed by atoms with Crippen LogP contribution < -0.4 is 19.7 Å². The van der Waals surface area contributed by atoms with Crippen LogP contribution in [-0.2, 0) is 9.59 Å². The van der Waals surface area contributed by atoms with E-state index in [1.165, 1.54) is 18.9 Å². The number of rotatable bonds is 7. The van der Waals surface area contributed by atoms with E-state index in [2.05, 4.69) is 5.32 Å². The molecule has 0 bridgehead atoms. The Bertz CT molecular complexity index is 813. The van der Waals surface area contributed by atoms with Crippen molar-refractivity contribution in [1.82, 2.24) is 0 Å².